The highest BCUT2D eigenvalue weighted by atomic mass is 16.2. The van der Waals surface area contributed by atoms with Crippen molar-refractivity contribution in [1.29, 1.82) is 0 Å². The van der Waals surface area contributed by atoms with Gasteiger partial charge >= 0.3 is 0 Å². The number of piperidine rings is 1. The molecule has 3 fully saturated rings. The molecule has 2 unspecified atom stereocenters. The van der Waals surface area contributed by atoms with Crippen molar-refractivity contribution in [3.8, 4) is 0 Å². The fraction of sp³-hybridized carbons (Fsp3) is 0.933. The number of hydrogen-bond donors (Lipinski definition) is 2. The maximum absolute atomic E-state index is 12.0. The normalized spacial score (nSPS) is 32.4. The molecule has 1 amide bonds. The van der Waals surface area contributed by atoms with Crippen LogP contribution in [0.3, 0.4) is 0 Å². The standard InChI is InChI=1S/C15H27N3O/c19-15(11-16-12-5-1-2-6-12)17-13-8-10-18-9-4-3-7-14(13)18/h12-14,16H,1-11H2,(H,17,19). The van der Waals surface area contributed by atoms with Gasteiger partial charge in [-0.25, -0.2) is 0 Å². The van der Waals surface area contributed by atoms with E-state index >= 15 is 0 Å². The summed E-state index contributed by atoms with van der Waals surface area (Å²) in [5.41, 5.74) is 0. The lowest BCUT2D eigenvalue weighted by atomic mass is 9.99. The van der Waals surface area contributed by atoms with Crippen LogP contribution < -0.4 is 10.6 Å². The monoisotopic (exact) mass is 265 g/mol. The van der Waals surface area contributed by atoms with E-state index in [0.717, 1.165) is 6.42 Å². The molecule has 0 aromatic rings. The highest BCUT2D eigenvalue weighted by Gasteiger charge is 2.36. The van der Waals surface area contributed by atoms with Gasteiger partial charge in [-0.2, -0.15) is 0 Å². The third-order valence-electron chi connectivity index (χ3n) is 5.11. The largest absolute Gasteiger partial charge is 0.351 e. The summed E-state index contributed by atoms with van der Waals surface area (Å²) in [5, 5.41) is 6.66. The first-order valence-corrected chi connectivity index (χ1v) is 8.10. The Labute approximate surface area is 116 Å². The predicted octanol–water partition coefficient (Wildman–Crippen LogP) is 1.26. The van der Waals surface area contributed by atoms with Crippen LogP contribution >= 0.6 is 0 Å². The van der Waals surface area contributed by atoms with Crippen LogP contribution in [-0.2, 0) is 4.79 Å². The third kappa shape index (κ3) is 3.29. The van der Waals surface area contributed by atoms with Crippen LogP contribution in [0.2, 0.25) is 0 Å². The van der Waals surface area contributed by atoms with Gasteiger partial charge in [-0.05, 0) is 38.6 Å². The van der Waals surface area contributed by atoms with Crippen molar-refractivity contribution >= 4 is 5.91 Å². The van der Waals surface area contributed by atoms with Gasteiger partial charge in [0.1, 0.15) is 0 Å². The maximum Gasteiger partial charge on any atom is 0.234 e. The van der Waals surface area contributed by atoms with Gasteiger partial charge in [-0.1, -0.05) is 19.3 Å². The highest BCUT2D eigenvalue weighted by molar-refractivity contribution is 5.78. The first-order chi connectivity index (χ1) is 9.33. The zero-order valence-corrected chi connectivity index (χ0v) is 11.9. The summed E-state index contributed by atoms with van der Waals surface area (Å²) in [6.07, 6.45) is 10.2. The topological polar surface area (TPSA) is 44.4 Å². The lowest BCUT2D eigenvalue weighted by molar-refractivity contribution is -0.121. The van der Waals surface area contributed by atoms with Crippen LogP contribution in [0.25, 0.3) is 0 Å². The molecule has 2 saturated heterocycles. The van der Waals surface area contributed by atoms with E-state index in [4.69, 9.17) is 0 Å². The molecule has 2 aliphatic heterocycles. The summed E-state index contributed by atoms with van der Waals surface area (Å²) in [6.45, 7) is 2.91. The van der Waals surface area contributed by atoms with Crippen LogP contribution in [0.5, 0.6) is 0 Å². The van der Waals surface area contributed by atoms with Crippen LogP contribution in [0.15, 0.2) is 0 Å². The molecule has 4 heteroatoms. The van der Waals surface area contributed by atoms with E-state index in [0.29, 0.717) is 24.7 Å². The van der Waals surface area contributed by atoms with E-state index in [2.05, 4.69) is 15.5 Å². The van der Waals surface area contributed by atoms with Gasteiger partial charge < -0.3 is 10.6 Å². The minimum absolute atomic E-state index is 0.198. The SMILES string of the molecule is O=C(CNC1CCCC1)NC1CCN2CCCCC12. The number of nitrogens with one attached hydrogen (secondary N) is 2. The second-order valence-electron chi connectivity index (χ2n) is 6.42. The van der Waals surface area contributed by atoms with Crippen molar-refractivity contribution in [2.45, 2.75) is 69.5 Å². The number of fused-ring (bicyclic) bond motifs is 1. The number of carbonyl (C=O) groups is 1. The molecule has 3 aliphatic rings. The van der Waals surface area contributed by atoms with Gasteiger partial charge in [-0.15, -0.1) is 0 Å². The highest BCUT2D eigenvalue weighted by Crippen LogP contribution is 2.27. The van der Waals surface area contributed by atoms with Crippen molar-refractivity contribution < 1.29 is 4.79 Å². The molecule has 2 atom stereocenters. The Kier molecular flexibility index (Phi) is 4.38. The van der Waals surface area contributed by atoms with E-state index in [-0.39, 0.29) is 5.91 Å². The van der Waals surface area contributed by atoms with Gasteiger partial charge in [0.15, 0.2) is 0 Å². The minimum atomic E-state index is 0.198. The van der Waals surface area contributed by atoms with E-state index in [1.54, 1.807) is 0 Å². The molecule has 4 nitrogen and oxygen atoms in total. The molecule has 1 saturated carbocycles. The first-order valence-electron chi connectivity index (χ1n) is 8.10. The molecule has 0 aromatic heterocycles. The van der Waals surface area contributed by atoms with Crippen molar-refractivity contribution in [3.63, 3.8) is 0 Å². The Balaban J connectivity index is 1.41. The van der Waals surface area contributed by atoms with E-state index in [9.17, 15) is 4.79 Å². The summed E-state index contributed by atoms with van der Waals surface area (Å²) in [4.78, 5) is 14.6. The molecular formula is C15H27N3O. The molecule has 2 N–H and O–H groups in total. The zero-order valence-electron chi connectivity index (χ0n) is 11.9. The second kappa shape index (κ2) is 6.23. The average Bonchev–Trinajstić information content (AvgIpc) is 3.07. The number of rotatable bonds is 4. The average molecular weight is 265 g/mol. The lowest BCUT2D eigenvalue weighted by Crippen LogP contribution is -2.49. The lowest BCUT2D eigenvalue weighted by Gasteiger charge is -2.32. The number of hydrogen-bond acceptors (Lipinski definition) is 3. The molecule has 108 valence electrons. The molecule has 0 spiro atoms. The summed E-state index contributed by atoms with van der Waals surface area (Å²) < 4.78 is 0. The Morgan fingerprint density at radius 1 is 1.00 bits per heavy atom. The van der Waals surface area contributed by atoms with Crippen molar-refractivity contribution in [2.24, 2.45) is 0 Å². The second-order valence-corrected chi connectivity index (χ2v) is 6.42. The smallest absolute Gasteiger partial charge is 0.234 e. The van der Waals surface area contributed by atoms with Gasteiger partial charge in [0, 0.05) is 24.7 Å². The van der Waals surface area contributed by atoms with E-state index in [1.165, 1.54) is 58.0 Å². The van der Waals surface area contributed by atoms with Gasteiger partial charge in [0.2, 0.25) is 5.91 Å². The fourth-order valence-corrected chi connectivity index (χ4v) is 4.04. The first kappa shape index (κ1) is 13.4. The van der Waals surface area contributed by atoms with Gasteiger partial charge in [0.25, 0.3) is 0 Å². The molecule has 0 aromatic carbocycles. The fourth-order valence-electron chi connectivity index (χ4n) is 4.04. The van der Waals surface area contributed by atoms with Crippen molar-refractivity contribution in [3.05, 3.63) is 0 Å². The summed E-state index contributed by atoms with van der Waals surface area (Å²) in [6, 6.07) is 1.60. The predicted molar refractivity (Wildman–Crippen MR) is 76.0 cm³/mol. The Bertz CT molecular complexity index is 315. The maximum atomic E-state index is 12.0. The van der Waals surface area contributed by atoms with Crippen LogP contribution in [0, 0.1) is 0 Å². The summed E-state index contributed by atoms with van der Waals surface area (Å²) >= 11 is 0. The van der Waals surface area contributed by atoms with Gasteiger partial charge in [0.05, 0.1) is 6.54 Å². The zero-order chi connectivity index (χ0) is 13.1. The molecule has 2 heterocycles. The summed E-state index contributed by atoms with van der Waals surface area (Å²) in [7, 11) is 0. The number of carbonyl (C=O) groups excluding carboxylic acids is 1. The molecular weight excluding hydrogens is 238 g/mol. The minimum Gasteiger partial charge on any atom is -0.351 e. The van der Waals surface area contributed by atoms with E-state index in [1.807, 2.05) is 0 Å². The Hall–Kier alpha value is -0.610. The molecule has 19 heavy (non-hydrogen) atoms. The number of amides is 1. The molecule has 3 rings (SSSR count). The van der Waals surface area contributed by atoms with Crippen LogP contribution in [0.1, 0.15) is 51.4 Å². The summed E-state index contributed by atoms with van der Waals surface area (Å²) in [5.74, 6) is 0.198. The van der Waals surface area contributed by atoms with Crippen LogP contribution in [0.4, 0.5) is 0 Å². The van der Waals surface area contributed by atoms with Crippen molar-refractivity contribution in [2.75, 3.05) is 19.6 Å². The third-order valence-corrected chi connectivity index (χ3v) is 5.11. The van der Waals surface area contributed by atoms with Crippen molar-refractivity contribution in [1.82, 2.24) is 15.5 Å². The van der Waals surface area contributed by atoms with Gasteiger partial charge in [-0.3, -0.25) is 9.69 Å². The molecule has 1 aliphatic carbocycles. The quantitative estimate of drug-likeness (QED) is 0.804. The molecule has 0 bridgehead atoms. The Morgan fingerprint density at radius 3 is 2.63 bits per heavy atom. The Morgan fingerprint density at radius 2 is 1.79 bits per heavy atom. The number of nitrogens with zero attached hydrogens (tertiary/aromatic N) is 1. The van der Waals surface area contributed by atoms with Crippen LogP contribution in [-0.4, -0.2) is 48.6 Å². The molecule has 0 radical (unpaired) electrons. The van der Waals surface area contributed by atoms with E-state index < -0.39 is 0 Å².